The third-order valence-corrected chi connectivity index (χ3v) is 5.62. The van der Waals surface area contributed by atoms with Crippen molar-refractivity contribution in [2.45, 2.75) is 11.4 Å². The summed E-state index contributed by atoms with van der Waals surface area (Å²) in [6, 6.07) is 5.87. The number of hydrogen-bond donors (Lipinski definition) is 0. The van der Waals surface area contributed by atoms with Crippen LogP contribution in [0.1, 0.15) is 4.88 Å². The molecule has 0 aliphatic carbocycles. The highest BCUT2D eigenvalue weighted by atomic mass is 35.5. The van der Waals surface area contributed by atoms with Gasteiger partial charge >= 0.3 is 0 Å². The third kappa shape index (κ3) is 3.17. The summed E-state index contributed by atoms with van der Waals surface area (Å²) in [7, 11) is -2.51. The fourth-order valence-electron chi connectivity index (χ4n) is 1.56. The van der Waals surface area contributed by atoms with E-state index in [1.54, 1.807) is 12.1 Å². The van der Waals surface area contributed by atoms with Crippen LogP contribution in [0.4, 0.5) is 8.78 Å². The van der Waals surface area contributed by atoms with E-state index >= 15 is 0 Å². The average Bonchev–Trinajstić information content (AvgIpc) is 2.78. The minimum atomic E-state index is -3.88. The first-order valence-electron chi connectivity index (χ1n) is 5.46. The number of halogens is 3. The van der Waals surface area contributed by atoms with E-state index in [9.17, 15) is 17.2 Å². The lowest BCUT2D eigenvalue weighted by Gasteiger charge is -2.16. The molecule has 1 aromatic carbocycles. The van der Waals surface area contributed by atoms with Crippen LogP contribution < -0.4 is 0 Å². The van der Waals surface area contributed by atoms with Gasteiger partial charge in [0.25, 0.3) is 0 Å². The summed E-state index contributed by atoms with van der Waals surface area (Å²) in [5, 5.41) is 0. The smallest absolute Gasteiger partial charge is 0.207 e. The molecule has 0 spiro atoms. The molecule has 108 valence electrons. The van der Waals surface area contributed by atoms with Crippen LogP contribution in [0.15, 0.2) is 35.2 Å². The number of sulfonamides is 1. The van der Waals surface area contributed by atoms with Crippen LogP contribution in [-0.4, -0.2) is 19.8 Å². The van der Waals surface area contributed by atoms with Gasteiger partial charge in [-0.05, 0) is 30.3 Å². The quantitative estimate of drug-likeness (QED) is 0.856. The second-order valence-corrected chi connectivity index (χ2v) is 7.89. The monoisotopic (exact) mass is 337 g/mol. The Balaban J connectivity index is 2.27. The van der Waals surface area contributed by atoms with Crippen molar-refractivity contribution in [2.75, 3.05) is 7.05 Å². The summed E-state index contributed by atoms with van der Waals surface area (Å²) in [5.74, 6) is -2.28. The van der Waals surface area contributed by atoms with Crippen molar-refractivity contribution in [3.63, 3.8) is 0 Å². The molecule has 0 bridgehead atoms. The summed E-state index contributed by atoms with van der Waals surface area (Å²) in [5.41, 5.74) is 0. The van der Waals surface area contributed by atoms with Gasteiger partial charge in [0, 0.05) is 18.5 Å². The number of thiophene rings is 1. The molecule has 0 atom stereocenters. The van der Waals surface area contributed by atoms with Gasteiger partial charge in [-0.3, -0.25) is 0 Å². The molecule has 20 heavy (non-hydrogen) atoms. The summed E-state index contributed by atoms with van der Waals surface area (Å²) in [4.78, 5) is 0.463. The normalized spacial score (nSPS) is 12.1. The maximum Gasteiger partial charge on any atom is 0.243 e. The Labute approximate surface area is 124 Å². The van der Waals surface area contributed by atoms with Gasteiger partial charge in [0.05, 0.1) is 9.23 Å². The van der Waals surface area contributed by atoms with E-state index in [-0.39, 0.29) is 11.4 Å². The van der Waals surface area contributed by atoms with Crippen LogP contribution in [0.5, 0.6) is 0 Å². The molecule has 0 saturated carbocycles. The van der Waals surface area contributed by atoms with E-state index < -0.39 is 21.7 Å². The molecule has 0 amide bonds. The van der Waals surface area contributed by atoms with Gasteiger partial charge in [-0.2, -0.15) is 4.31 Å². The maximum absolute atomic E-state index is 13.1. The van der Waals surface area contributed by atoms with Gasteiger partial charge in [-0.25, -0.2) is 17.2 Å². The number of benzene rings is 1. The molecule has 3 nitrogen and oxygen atoms in total. The molecule has 0 saturated heterocycles. The first-order chi connectivity index (χ1) is 9.30. The van der Waals surface area contributed by atoms with Crippen molar-refractivity contribution < 1.29 is 17.2 Å². The molecule has 2 rings (SSSR count). The van der Waals surface area contributed by atoms with Crippen molar-refractivity contribution in [3.8, 4) is 0 Å². The molecule has 0 radical (unpaired) electrons. The van der Waals surface area contributed by atoms with Gasteiger partial charge in [0.1, 0.15) is 0 Å². The van der Waals surface area contributed by atoms with Crippen molar-refractivity contribution in [3.05, 3.63) is 51.2 Å². The number of rotatable bonds is 4. The Kier molecular flexibility index (Phi) is 4.43. The highest BCUT2D eigenvalue weighted by Crippen LogP contribution is 2.25. The number of hydrogen-bond acceptors (Lipinski definition) is 3. The maximum atomic E-state index is 13.1. The van der Waals surface area contributed by atoms with E-state index in [4.69, 9.17) is 11.6 Å². The minimum Gasteiger partial charge on any atom is -0.207 e. The number of nitrogens with zero attached hydrogens (tertiary/aromatic N) is 1. The molecule has 0 aliphatic heterocycles. The summed E-state index contributed by atoms with van der Waals surface area (Å²) in [6.07, 6.45) is 0. The highest BCUT2D eigenvalue weighted by molar-refractivity contribution is 7.89. The Morgan fingerprint density at radius 3 is 2.45 bits per heavy atom. The molecule has 0 fully saturated rings. The average molecular weight is 338 g/mol. The summed E-state index contributed by atoms with van der Waals surface area (Å²) >= 11 is 7.03. The van der Waals surface area contributed by atoms with E-state index in [0.717, 1.165) is 21.3 Å². The lowest BCUT2D eigenvalue weighted by Crippen LogP contribution is -2.26. The molecular formula is C12H10ClF2NO2S2. The fraction of sp³-hybridized carbons (Fsp3) is 0.167. The Morgan fingerprint density at radius 1 is 1.20 bits per heavy atom. The molecule has 8 heteroatoms. The van der Waals surface area contributed by atoms with Gasteiger partial charge < -0.3 is 0 Å². The molecule has 1 aromatic heterocycles. The van der Waals surface area contributed by atoms with Crippen molar-refractivity contribution in [2.24, 2.45) is 0 Å². The predicted molar refractivity (Wildman–Crippen MR) is 74.3 cm³/mol. The van der Waals surface area contributed by atoms with Crippen LogP contribution >= 0.6 is 22.9 Å². The van der Waals surface area contributed by atoms with E-state index in [1.807, 2.05) is 0 Å². The Bertz CT molecular complexity index is 731. The molecule has 2 aromatic rings. The van der Waals surface area contributed by atoms with Gasteiger partial charge in [-0.15, -0.1) is 11.3 Å². The van der Waals surface area contributed by atoms with Crippen LogP contribution in [0, 0.1) is 11.6 Å². The first-order valence-corrected chi connectivity index (χ1v) is 8.10. The van der Waals surface area contributed by atoms with E-state index in [2.05, 4.69) is 0 Å². The summed E-state index contributed by atoms with van der Waals surface area (Å²) in [6.45, 7) is 0.110. The Morgan fingerprint density at radius 2 is 1.90 bits per heavy atom. The van der Waals surface area contributed by atoms with Crippen LogP contribution in [0.25, 0.3) is 0 Å². The second kappa shape index (κ2) is 5.77. The highest BCUT2D eigenvalue weighted by Gasteiger charge is 2.22. The second-order valence-electron chi connectivity index (χ2n) is 4.04. The van der Waals surface area contributed by atoms with E-state index in [0.29, 0.717) is 10.4 Å². The summed E-state index contributed by atoms with van der Waals surface area (Å²) < 4.78 is 52.0. The standard InChI is InChI=1S/C12H10ClF2NO2S2/c1-16(7-8-2-5-12(13)19-8)20(17,18)9-3-4-10(14)11(15)6-9/h2-6H,7H2,1H3. The van der Waals surface area contributed by atoms with Crippen LogP contribution in [0.3, 0.4) is 0 Å². The third-order valence-electron chi connectivity index (χ3n) is 2.61. The lowest BCUT2D eigenvalue weighted by molar-refractivity contribution is 0.466. The molecule has 0 unspecified atom stereocenters. The van der Waals surface area contributed by atoms with Crippen molar-refractivity contribution in [1.29, 1.82) is 0 Å². The SMILES string of the molecule is CN(Cc1ccc(Cl)s1)S(=O)(=O)c1ccc(F)c(F)c1. The van der Waals surface area contributed by atoms with Gasteiger partial charge in [0.2, 0.25) is 10.0 Å². The largest absolute Gasteiger partial charge is 0.243 e. The first kappa shape index (κ1) is 15.4. The zero-order valence-corrected chi connectivity index (χ0v) is 12.7. The predicted octanol–water partition coefficient (Wildman–Crippen LogP) is 3.50. The van der Waals surface area contributed by atoms with Gasteiger partial charge in [-0.1, -0.05) is 11.6 Å². The molecular weight excluding hydrogens is 328 g/mol. The van der Waals surface area contributed by atoms with Crippen molar-refractivity contribution >= 4 is 33.0 Å². The lowest BCUT2D eigenvalue weighted by atomic mass is 10.3. The van der Waals surface area contributed by atoms with E-state index in [1.165, 1.54) is 18.4 Å². The van der Waals surface area contributed by atoms with Crippen LogP contribution in [-0.2, 0) is 16.6 Å². The Hall–Kier alpha value is -1.02. The molecule has 0 N–H and O–H groups in total. The fourth-order valence-corrected chi connectivity index (χ4v) is 3.94. The zero-order valence-electron chi connectivity index (χ0n) is 10.3. The molecule has 1 heterocycles. The zero-order chi connectivity index (χ0) is 14.9. The topological polar surface area (TPSA) is 37.4 Å². The van der Waals surface area contributed by atoms with Gasteiger partial charge in [0.15, 0.2) is 11.6 Å². The minimum absolute atomic E-state index is 0.110. The van der Waals surface area contributed by atoms with Crippen molar-refractivity contribution in [1.82, 2.24) is 4.31 Å². The molecule has 0 aliphatic rings. The van der Waals surface area contributed by atoms with Crippen LogP contribution in [0.2, 0.25) is 4.34 Å².